The van der Waals surface area contributed by atoms with Gasteiger partial charge in [-0.15, -0.1) is 11.3 Å². The van der Waals surface area contributed by atoms with E-state index in [0.29, 0.717) is 19.5 Å². The fourth-order valence-electron chi connectivity index (χ4n) is 3.91. The van der Waals surface area contributed by atoms with Crippen LogP contribution in [0.1, 0.15) is 24.8 Å². The Morgan fingerprint density at radius 3 is 2.97 bits per heavy atom. The molecule has 4 atom stereocenters. The molecule has 3 N–H and O–H groups in total. The summed E-state index contributed by atoms with van der Waals surface area (Å²) in [5.41, 5.74) is 4.08. The topological polar surface area (TPSA) is 92.7 Å². The van der Waals surface area contributed by atoms with Gasteiger partial charge in [0.2, 0.25) is 0 Å². The Kier molecular flexibility index (Phi) is 6.76. The lowest BCUT2D eigenvalue weighted by molar-refractivity contribution is 0.0184. The van der Waals surface area contributed by atoms with E-state index in [1.807, 2.05) is 11.7 Å². The summed E-state index contributed by atoms with van der Waals surface area (Å²) < 4.78 is 11.1. The highest BCUT2D eigenvalue weighted by atomic mass is 32.1. The van der Waals surface area contributed by atoms with Gasteiger partial charge in [-0.1, -0.05) is 24.3 Å². The van der Waals surface area contributed by atoms with Crippen molar-refractivity contribution in [3.05, 3.63) is 41.5 Å². The number of aliphatic hydroxyl groups excluding tert-OH is 1. The third-order valence-electron chi connectivity index (χ3n) is 5.49. The number of benzene rings is 1. The summed E-state index contributed by atoms with van der Waals surface area (Å²) in [6.07, 6.45) is 3.92. The minimum absolute atomic E-state index is 0.122. The molecule has 2 aliphatic rings. The predicted octanol–water partition coefficient (Wildman–Crippen LogP) is 2.35. The maximum Gasteiger partial charge on any atom is 0.407 e. The van der Waals surface area contributed by atoms with Gasteiger partial charge in [0.1, 0.15) is 12.2 Å². The molecule has 2 saturated heterocycles. The van der Waals surface area contributed by atoms with E-state index >= 15 is 0 Å². The molecule has 4 rings (SSSR count). The Labute approximate surface area is 174 Å². The molecule has 0 aliphatic carbocycles. The maximum absolute atomic E-state index is 12.2. The van der Waals surface area contributed by atoms with E-state index in [2.05, 4.69) is 39.9 Å². The second kappa shape index (κ2) is 9.67. The van der Waals surface area contributed by atoms with E-state index in [1.54, 1.807) is 11.3 Å². The number of amides is 1. The number of hydrogen-bond donors (Lipinski definition) is 3. The average molecular weight is 418 g/mol. The molecular formula is C21H27N3O4S. The fraction of sp³-hybridized carbons (Fsp3) is 0.524. The van der Waals surface area contributed by atoms with Crippen LogP contribution >= 0.6 is 11.3 Å². The van der Waals surface area contributed by atoms with Gasteiger partial charge in [-0.3, -0.25) is 4.98 Å². The Bertz CT molecular complexity index is 778. The molecule has 1 aromatic carbocycles. The van der Waals surface area contributed by atoms with E-state index in [-0.39, 0.29) is 12.1 Å². The third kappa shape index (κ3) is 5.33. The minimum atomic E-state index is -0.708. The number of nitrogens with zero attached hydrogens (tertiary/aromatic N) is 1. The molecule has 0 radical (unpaired) electrons. The summed E-state index contributed by atoms with van der Waals surface area (Å²) in [5.74, 6) is 0. The second-order valence-corrected chi connectivity index (χ2v) is 8.46. The van der Waals surface area contributed by atoms with Gasteiger partial charge in [0.05, 0.1) is 22.5 Å². The highest BCUT2D eigenvalue weighted by Crippen LogP contribution is 2.24. The van der Waals surface area contributed by atoms with Crippen molar-refractivity contribution in [3.8, 4) is 10.4 Å². The largest absolute Gasteiger partial charge is 0.442 e. The Morgan fingerprint density at radius 2 is 2.24 bits per heavy atom. The van der Waals surface area contributed by atoms with Gasteiger partial charge in [-0.2, -0.15) is 0 Å². The van der Waals surface area contributed by atoms with Crippen molar-refractivity contribution in [2.24, 2.45) is 0 Å². The van der Waals surface area contributed by atoms with E-state index < -0.39 is 18.3 Å². The zero-order chi connectivity index (χ0) is 20.1. The lowest BCUT2D eigenvalue weighted by Gasteiger charge is -2.22. The predicted molar refractivity (Wildman–Crippen MR) is 111 cm³/mol. The van der Waals surface area contributed by atoms with Crippen LogP contribution in [0.25, 0.3) is 10.4 Å². The second-order valence-electron chi connectivity index (χ2n) is 7.57. The molecule has 3 heterocycles. The number of hydrogen-bond acceptors (Lipinski definition) is 7. The summed E-state index contributed by atoms with van der Waals surface area (Å²) in [6, 6.07) is 8.16. The van der Waals surface area contributed by atoms with Gasteiger partial charge in [-0.25, -0.2) is 4.79 Å². The Balaban J connectivity index is 1.28. The van der Waals surface area contributed by atoms with Gasteiger partial charge < -0.3 is 25.2 Å². The molecule has 2 aliphatic heterocycles. The van der Waals surface area contributed by atoms with E-state index in [0.717, 1.165) is 41.9 Å². The van der Waals surface area contributed by atoms with Crippen LogP contribution in [0.5, 0.6) is 0 Å². The first-order valence-corrected chi connectivity index (χ1v) is 11.0. The van der Waals surface area contributed by atoms with Gasteiger partial charge in [0.25, 0.3) is 0 Å². The SMILES string of the molecule is O=C(NCC[C@H]1CCCO1)O[C@@H]1C(O)CN[C@@H]1Cc1ccc(-c2cncs2)cc1. The van der Waals surface area contributed by atoms with E-state index in [4.69, 9.17) is 9.47 Å². The van der Waals surface area contributed by atoms with E-state index in [1.165, 1.54) is 0 Å². The number of β-amino-alcohol motifs (C(OH)–C–C–N with tert-alkyl or cyclic N) is 1. The van der Waals surface area contributed by atoms with Gasteiger partial charge >= 0.3 is 6.09 Å². The van der Waals surface area contributed by atoms with Crippen LogP contribution in [0.3, 0.4) is 0 Å². The highest BCUT2D eigenvalue weighted by molar-refractivity contribution is 7.13. The number of carbonyl (C=O) groups is 1. The third-order valence-corrected chi connectivity index (χ3v) is 6.32. The zero-order valence-corrected chi connectivity index (χ0v) is 17.1. The highest BCUT2D eigenvalue weighted by Gasteiger charge is 2.37. The molecule has 156 valence electrons. The van der Waals surface area contributed by atoms with Crippen molar-refractivity contribution in [3.63, 3.8) is 0 Å². The monoisotopic (exact) mass is 417 g/mol. The van der Waals surface area contributed by atoms with Crippen molar-refractivity contribution in [2.75, 3.05) is 19.7 Å². The van der Waals surface area contributed by atoms with Crippen LogP contribution in [-0.2, 0) is 15.9 Å². The van der Waals surface area contributed by atoms with Gasteiger partial charge in [0.15, 0.2) is 0 Å². The number of thiazole rings is 1. The van der Waals surface area contributed by atoms with Gasteiger partial charge in [0, 0.05) is 25.9 Å². The number of alkyl carbamates (subject to hydrolysis) is 1. The lowest BCUT2D eigenvalue weighted by Crippen LogP contribution is -2.41. The first-order valence-electron chi connectivity index (χ1n) is 10.1. The molecule has 0 spiro atoms. The summed E-state index contributed by atoms with van der Waals surface area (Å²) in [5, 5.41) is 16.3. The summed E-state index contributed by atoms with van der Waals surface area (Å²) in [6.45, 7) is 1.74. The molecule has 29 heavy (non-hydrogen) atoms. The molecular weight excluding hydrogens is 390 g/mol. The van der Waals surface area contributed by atoms with Crippen LogP contribution in [0.4, 0.5) is 4.79 Å². The van der Waals surface area contributed by atoms with Crippen LogP contribution in [0, 0.1) is 0 Å². The molecule has 1 unspecified atom stereocenters. The Morgan fingerprint density at radius 1 is 1.38 bits per heavy atom. The van der Waals surface area contributed by atoms with E-state index in [9.17, 15) is 9.90 Å². The number of nitrogens with one attached hydrogen (secondary N) is 2. The summed E-state index contributed by atoms with van der Waals surface area (Å²) in [4.78, 5) is 17.4. The molecule has 1 amide bonds. The molecule has 2 aromatic rings. The average Bonchev–Trinajstić information content (AvgIpc) is 3.48. The van der Waals surface area contributed by atoms with Crippen LogP contribution in [0.2, 0.25) is 0 Å². The summed E-state index contributed by atoms with van der Waals surface area (Å²) >= 11 is 1.61. The number of rotatable bonds is 7. The smallest absolute Gasteiger partial charge is 0.407 e. The summed E-state index contributed by atoms with van der Waals surface area (Å²) in [7, 11) is 0. The molecule has 8 heteroatoms. The van der Waals surface area contributed by atoms with Crippen molar-refractivity contribution in [1.29, 1.82) is 0 Å². The zero-order valence-electron chi connectivity index (χ0n) is 16.3. The molecule has 7 nitrogen and oxygen atoms in total. The number of aliphatic hydroxyl groups is 1. The quantitative estimate of drug-likeness (QED) is 0.640. The Hall–Kier alpha value is -2.00. The normalized spacial score (nSPS) is 26.5. The minimum Gasteiger partial charge on any atom is -0.442 e. The molecule has 2 fully saturated rings. The number of aromatic nitrogens is 1. The van der Waals surface area contributed by atoms with Crippen molar-refractivity contribution < 1.29 is 19.4 Å². The number of carbonyl (C=O) groups excluding carboxylic acids is 1. The lowest BCUT2D eigenvalue weighted by atomic mass is 10.0. The van der Waals surface area contributed by atoms with Crippen LogP contribution in [-0.4, -0.2) is 60.2 Å². The van der Waals surface area contributed by atoms with Crippen molar-refractivity contribution >= 4 is 17.4 Å². The maximum atomic E-state index is 12.2. The fourth-order valence-corrected chi connectivity index (χ4v) is 4.54. The van der Waals surface area contributed by atoms with Crippen LogP contribution < -0.4 is 10.6 Å². The molecule has 1 aromatic heterocycles. The van der Waals surface area contributed by atoms with Crippen LogP contribution in [0.15, 0.2) is 36.0 Å². The van der Waals surface area contributed by atoms with Crippen molar-refractivity contribution in [2.45, 2.75) is 50.0 Å². The first kappa shape index (κ1) is 20.3. The van der Waals surface area contributed by atoms with Gasteiger partial charge in [-0.05, 0) is 36.8 Å². The van der Waals surface area contributed by atoms with Crippen molar-refractivity contribution in [1.82, 2.24) is 15.6 Å². The molecule has 0 bridgehead atoms. The number of ether oxygens (including phenoxy) is 2. The first-order chi connectivity index (χ1) is 14.2. The molecule has 0 saturated carbocycles. The standard InChI is InChI=1S/C21H27N3O4S/c25-18-11-24-17(10-14-3-5-15(6-4-14)19-12-22-13-29-19)20(18)28-21(26)23-8-7-16-2-1-9-27-16/h3-6,12-13,16-18,20,24-25H,1-2,7-11H2,(H,23,26)/t16-,17-,18?,20+/m1/s1.